The molecule has 0 bridgehead atoms. The van der Waals surface area contributed by atoms with Crippen molar-refractivity contribution in [2.75, 3.05) is 13.2 Å². The summed E-state index contributed by atoms with van der Waals surface area (Å²) in [6, 6.07) is 0. The number of carboxylic acid groups (broad SMARTS) is 2. The van der Waals surface area contributed by atoms with Gasteiger partial charge in [-0.25, -0.2) is 0 Å². The molecule has 11 heteroatoms. The van der Waals surface area contributed by atoms with Gasteiger partial charge < -0.3 is 25.2 Å². The van der Waals surface area contributed by atoms with Crippen molar-refractivity contribution in [3.8, 4) is 0 Å². The van der Waals surface area contributed by atoms with Crippen LogP contribution in [0.5, 0.6) is 0 Å². The number of halogens is 3. The highest BCUT2D eigenvalue weighted by Gasteiger charge is 2.17. The average molecular weight is 1220 g/mol. The first kappa shape index (κ1) is 66.8. The first-order valence-electron chi connectivity index (χ1n) is 25.8. The van der Waals surface area contributed by atoms with E-state index in [2.05, 4.69) is 43.4 Å². The Morgan fingerprint density at radius 2 is 0.597 bits per heavy atom. The monoisotopic (exact) mass is 1220 g/mol. The number of aliphatic carboxylic acids is 2. The minimum atomic E-state index is -0.968. The fourth-order valence-corrected chi connectivity index (χ4v) is 8.68. The first-order valence-corrected chi connectivity index (χ1v) is 29.5. The van der Waals surface area contributed by atoms with Gasteiger partial charge in [0.05, 0.1) is 6.61 Å². The molecule has 0 heterocycles. The zero-order valence-corrected chi connectivity index (χ0v) is 46.8. The third-order valence-corrected chi connectivity index (χ3v) is 14.8. The summed E-state index contributed by atoms with van der Waals surface area (Å²) >= 11 is 6.15. The van der Waals surface area contributed by atoms with Gasteiger partial charge in [-0.15, -0.1) is 0 Å². The summed E-state index contributed by atoms with van der Waals surface area (Å²) in [5.74, 6) is -1.61. The Kier molecular flexibility index (Phi) is 60.2. The lowest BCUT2D eigenvalue weighted by Gasteiger charge is -2.12. The number of carbonyl (C=O) groups excluding carboxylic acids is 1. The minimum Gasteiger partial charge on any atom is -0.480 e. The molecule has 0 spiro atoms. The lowest BCUT2D eigenvalue weighted by atomic mass is 10.0. The standard InChI is InChI=1S/C19H37IO4.2C16H31IO2/c1-2-3-4-5-6-7-8-9-10-11-12-13-14-18(20)19(23)24-16-17(22)15-21;2*1-2-3-4-5-6-7-8-9-10-11-12-13-14-15(17)16(18)19/h17-18,21-22H,2-16H2,1H3;2*15H,2-14H2,1H3,(H,18,19). The third kappa shape index (κ3) is 56.6. The van der Waals surface area contributed by atoms with Crippen molar-refractivity contribution in [1.82, 2.24) is 0 Å². The Labute approximate surface area is 424 Å². The first-order chi connectivity index (χ1) is 30.0. The molecule has 62 heavy (non-hydrogen) atoms. The molecule has 0 aromatic rings. The molecule has 0 aliphatic heterocycles. The molecule has 0 aliphatic rings. The van der Waals surface area contributed by atoms with E-state index in [1.54, 1.807) is 0 Å². The molecule has 0 saturated carbocycles. The minimum absolute atomic E-state index is 0.118. The van der Waals surface area contributed by atoms with Crippen molar-refractivity contribution < 1.29 is 39.5 Å². The van der Waals surface area contributed by atoms with Gasteiger partial charge in [-0.1, -0.05) is 320 Å². The molecule has 4 N–H and O–H groups in total. The highest BCUT2D eigenvalue weighted by molar-refractivity contribution is 14.1. The number of ether oxygens (including phenoxy) is 1. The number of rotatable bonds is 45. The Morgan fingerprint density at radius 3 is 0.806 bits per heavy atom. The number of carboxylic acids is 2. The molecule has 0 rings (SSSR count). The fraction of sp³-hybridized carbons (Fsp3) is 0.941. The van der Waals surface area contributed by atoms with E-state index in [-0.39, 0.29) is 31.0 Å². The lowest BCUT2D eigenvalue weighted by molar-refractivity contribution is -0.146. The van der Waals surface area contributed by atoms with E-state index in [0.717, 1.165) is 38.5 Å². The SMILES string of the molecule is CCCCCCCCCCCCCCC(I)C(=O)O.CCCCCCCCCCCCCCC(I)C(=O)O.CCCCCCCCCCCCCCC(I)C(=O)OCC(O)CO. The van der Waals surface area contributed by atoms with E-state index in [1.165, 1.54) is 212 Å². The van der Waals surface area contributed by atoms with Gasteiger partial charge in [0.2, 0.25) is 0 Å². The van der Waals surface area contributed by atoms with Gasteiger partial charge in [-0.05, 0) is 19.3 Å². The van der Waals surface area contributed by atoms with Crippen LogP contribution < -0.4 is 0 Å². The van der Waals surface area contributed by atoms with Crippen LogP contribution in [0.15, 0.2) is 0 Å². The third-order valence-electron chi connectivity index (χ3n) is 11.4. The Balaban J connectivity index is -0.000000851. The van der Waals surface area contributed by atoms with Crippen LogP contribution in [-0.2, 0) is 19.1 Å². The normalized spacial score (nSPS) is 13.0. The van der Waals surface area contributed by atoms with E-state index in [0.29, 0.717) is 0 Å². The Bertz CT molecular complexity index is 884. The number of hydrogen-bond acceptors (Lipinski definition) is 6. The quantitative estimate of drug-likeness (QED) is 0.0204. The summed E-state index contributed by atoms with van der Waals surface area (Å²) in [6.07, 6.45) is 49.2. The van der Waals surface area contributed by atoms with Crippen LogP contribution >= 0.6 is 67.8 Å². The summed E-state index contributed by atoms with van der Waals surface area (Å²) in [4.78, 5) is 32.9. The molecule has 4 unspecified atom stereocenters. The van der Waals surface area contributed by atoms with Crippen LogP contribution in [0, 0.1) is 0 Å². The topological polar surface area (TPSA) is 141 Å². The second-order valence-corrected chi connectivity index (χ2v) is 22.1. The molecule has 0 saturated heterocycles. The molecule has 372 valence electrons. The summed E-state index contributed by atoms with van der Waals surface area (Å²) in [5.41, 5.74) is 0. The van der Waals surface area contributed by atoms with Crippen molar-refractivity contribution in [1.29, 1.82) is 0 Å². The summed E-state index contributed by atoms with van der Waals surface area (Å²) < 4.78 is 4.41. The summed E-state index contributed by atoms with van der Waals surface area (Å²) in [7, 11) is 0. The molecular weight excluding hydrogens is 1120 g/mol. The molecule has 0 aromatic carbocycles. The van der Waals surface area contributed by atoms with Gasteiger partial charge in [0.1, 0.15) is 24.5 Å². The predicted molar refractivity (Wildman–Crippen MR) is 290 cm³/mol. The Hall–Kier alpha value is 0.520. The van der Waals surface area contributed by atoms with Crippen LogP contribution in [0.2, 0.25) is 0 Å². The lowest BCUT2D eigenvalue weighted by Crippen LogP contribution is -2.25. The molecule has 0 radical (unpaired) electrons. The molecule has 8 nitrogen and oxygen atoms in total. The maximum Gasteiger partial charge on any atom is 0.318 e. The van der Waals surface area contributed by atoms with Crippen LogP contribution in [0.1, 0.15) is 271 Å². The van der Waals surface area contributed by atoms with Crippen molar-refractivity contribution in [3.05, 3.63) is 0 Å². The molecule has 0 amide bonds. The van der Waals surface area contributed by atoms with E-state index < -0.39 is 18.0 Å². The zero-order valence-electron chi connectivity index (χ0n) is 40.4. The number of esters is 1. The van der Waals surface area contributed by atoms with E-state index >= 15 is 0 Å². The summed E-state index contributed by atoms with van der Waals surface area (Å²) in [6.45, 7) is 6.28. The largest absolute Gasteiger partial charge is 0.480 e. The van der Waals surface area contributed by atoms with Gasteiger partial charge in [-0.3, -0.25) is 14.4 Å². The number of alkyl halides is 3. The maximum absolute atomic E-state index is 11.7. The van der Waals surface area contributed by atoms with Gasteiger partial charge in [0, 0.05) is 0 Å². The van der Waals surface area contributed by atoms with Crippen LogP contribution in [-0.4, -0.2) is 69.4 Å². The molecule has 4 atom stereocenters. The van der Waals surface area contributed by atoms with Crippen molar-refractivity contribution in [2.45, 2.75) is 289 Å². The van der Waals surface area contributed by atoms with E-state index in [4.69, 9.17) is 25.2 Å². The predicted octanol–water partition coefficient (Wildman–Crippen LogP) is 16.7. The second-order valence-electron chi connectivity index (χ2n) is 17.6. The molecule has 0 fully saturated rings. The Morgan fingerprint density at radius 1 is 0.387 bits per heavy atom. The second kappa shape index (κ2) is 55.8. The highest BCUT2D eigenvalue weighted by Crippen LogP contribution is 2.19. The maximum atomic E-state index is 11.7. The van der Waals surface area contributed by atoms with E-state index in [9.17, 15) is 14.4 Å². The van der Waals surface area contributed by atoms with E-state index in [1.807, 2.05) is 45.2 Å². The number of aliphatic hydroxyl groups excluding tert-OH is 2. The molecule has 0 aliphatic carbocycles. The van der Waals surface area contributed by atoms with Gasteiger partial charge in [0.25, 0.3) is 0 Å². The van der Waals surface area contributed by atoms with Gasteiger partial charge >= 0.3 is 17.9 Å². The fourth-order valence-electron chi connectivity index (χ4n) is 7.18. The van der Waals surface area contributed by atoms with Crippen LogP contribution in [0.4, 0.5) is 0 Å². The number of unbranched alkanes of at least 4 members (excludes halogenated alkanes) is 33. The van der Waals surface area contributed by atoms with Crippen molar-refractivity contribution in [3.63, 3.8) is 0 Å². The highest BCUT2D eigenvalue weighted by atomic mass is 127. The van der Waals surface area contributed by atoms with Crippen LogP contribution in [0.25, 0.3) is 0 Å². The zero-order chi connectivity index (χ0) is 46.7. The number of hydrogen-bond donors (Lipinski definition) is 4. The summed E-state index contributed by atoms with van der Waals surface area (Å²) in [5, 5.41) is 35.3. The average Bonchev–Trinajstić information content (AvgIpc) is 3.26. The molecule has 0 aromatic heterocycles. The smallest absolute Gasteiger partial charge is 0.318 e. The van der Waals surface area contributed by atoms with Crippen LogP contribution in [0.3, 0.4) is 0 Å². The van der Waals surface area contributed by atoms with Gasteiger partial charge in [-0.2, -0.15) is 0 Å². The number of carbonyl (C=O) groups is 3. The van der Waals surface area contributed by atoms with Gasteiger partial charge in [0.15, 0.2) is 0 Å². The molecular formula is C51H99I3O8. The number of aliphatic hydroxyl groups is 2. The van der Waals surface area contributed by atoms with Crippen molar-refractivity contribution >= 4 is 85.7 Å². The van der Waals surface area contributed by atoms with Crippen molar-refractivity contribution in [2.24, 2.45) is 0 Å².